The van der Waals surface area contributed by atoms with E-state index in [2.05, 4.69) is 0 Å². The average Bonchev–Trinajstić information content (AvgIpc) is 2.54. The van der Waals surface area contributed by atoms with Crippen LogP contribution in [0.2, 0.25) is 0 Å². The predicted molar refractivity (Wildman–Crippen MR) is 89.4 cm³/mol. The van der Waals surface area contributed by atoms with Gasteiger partial charge in [0.25, 0.3) is 0 Å². The first-order chi connectivity index (χ1) is 11.3. The van der Waals surface area contributed by atoms with Crippen molar-refractivity contribution >= 4 is 16.0 Å². The molecule has 0 amide bonds. The quantitative estimate of drug-likeness (QED) is 0.829. The molecular weight excluding hydrogens is 330 g/mol. The Labute approximate surface area is 141 Å². The van der Waals surface area contributed by atoms with Crippen LogP contribution in [0, 0.1) is 6.92 Å². The zero-order chi connectivity index (χ0) is 17.7. The first kappa shape index (κ1) is 18.0. The number of carbonyl (C=O) groups is 1. The third kappa shape index (κ3) is 4.12. The molecule has 0 aliphatic carbocycles. The minimum atomic E-state index is -3.94. The molecule has 0 heterocycles. The molecule has 0 fully saturated rings. The van der Waals surface area contributed by atoms with Gasteiger partial charge in [0.05, 0.1) is 12.0 Å². The summed E-state index contributed by atoms with van der Waals surface area (Å²) in [5.41, 5.74) is 1.38. The van der Waals surface area contributed by atoms with E-state index < -0.39 is 22.5 Å². The molecule has 128 valence electrons. The molecule has 0 bridgehead atoms. The number of rotatable bonds is 7. The molecule has 0 aliphatic heterocycles. The van der Waals surface area contributed by atoms with E-state index in [9.17, 15) is 13.2 Å². The van der Waals surface area contributed by atoms with Gasteiger partial charge in [0.1, 0.15) is 12.3 Å². The van der Waals surface area contributed by atoms with Gasteiger partial charge in [0.15, 0.2) is 0 Å². The minimum absolute atomic E-state index is 0.0133. The number of hydrogen-bond donors (Lipinski definition) is 1. The van der Waals surface area contributed by atoms with E-state index in [-0.39, 0.29) is 11.4 Å². The fourth-order valence-corrected chi connectivity index (χ4v) is 3.79. The second-order valence-electron chi connectivity index (χ2n) is 5.28. The fraction of sp³-hybridized carbons (Fsp3) is 0.235. The summed E-state index contributed by atoms with van der Waals surface area (Å²) >= 11 is 0. The summed E-state index contributed by atoms with van der Waals surface area (Å²) in [6.07, 6.45) is 0. The Hall–Kier alpha value is -2.38. The molecule has 2 rings (SSSR count). The highest BCUT2D eigenvalue weighted by molar-refractivity contribution is 7.89. The van der Waals surface area contributed by atoms with Gasteiger partial charge in [-0.05, 0) is 36.2 Å². The van der Waals surface area contributed by atoms with Gasteiger partial charge in [0, 0.05) is 6.54 Å². The highest BCUT2D eigenvalue weighted by Gasteiger charge is 2.27. The van der Waals surface area contributed by atoms with Crippen LogP contribution >= 0.6 is 0 Å². The second-order valence-corrected chi connectivity index (χ2v) is 7.22. The van der Waals surface area contributed by atoms with E-state index in [0.29, 0.717) is 16.9 Å². The maximum atomic E-state index is 12.8. The first-order valence-corrected chi connectivity index (χ1v) is 8.69. The van der Waals surface area contributed by atoms with E-state index in [1.54, 1.807) is 37.3 Å². The van der Waals surface area contributed by atoms with Crippen LogP contribution in [0.4, 0.5) is 0 Å². The van der Waals surface area contributed by atoms with Crippen molar-refractivity contribution in [2.24, 2.45) is 0 Å². The van der Waals surface area contributed by atoms with E-state index in [1.807, 2.05) is 6.07 Å². The monoisotopic (exact) mass is 349 g/mol. The van der Waals surface area contributed by atoms with Gasteiger partial charge < -0.3 is 9.84 Å². The molecule has 0 aliphatic rings. The Morgan fingerprint density at radius 1 is 1.17 bits per heavy atom. The lowest BCUT2D eigenvalue weighted by Gasteiger charge is -2.21. The maximum absolute atomic E-state index is 12.8. The van der Waals surface area contributed by atoms with Gasteiger partial charge in [-0.3, -0.25) is 4.79 Å². The average molecular weight is 349 g/mol. The molecule has 1 N–H and O–H groups in total. The molecule has 0 saturated carbocycles. The van der Waals surface area contributed by atoms with Crippen molar-refractivity contribution in [3.63, 3.8) is 0 Å². The van der Waals surface area contributed by atoms with Gasteiger partial charge in [0.2, 0.25) is 10.0 Å². The number of methoxy groups -OCH3 is 1. The Morgan fingerprint density at radius 2 is 1.83 bits per heavy atom. The van der Waals surface area contributed by atoms with Crippen molar-refractivity contribution < 1.29 is 23.1 Å². The molecule has 2 aromatic rings. The van der Waals surface area contributed by atoms with Crippen LogP contribution in [0.25, 0.3) is 0 Å². The van der Waals surface area contributed by atoms with Crippen LogP contribution in [0.3, 0.4) is 0 Å². The first-order valence-electron chi connectivity index (χ1n) is 7.25. The van der Waals surface area contributed by atoms with E-state index >= 15 is 0 Å². The molecule has 0 unspecified atom stereocenters. The Kier molecular flexibility index (Phi) is 5.58. The molecule has 0 radical (unpaired) electrons. The Morgan fingerprint density at radius 3 is 2.38 bits per heavy atom. The van der Waals surface area contributed by atoms with Crippen LogP contribution < -0.4 is 4.74 Å². The zero-order valence-electron chi connectivity index (χ0n) is 13.5. The number of nitrogens with zero attached hydrogens (tertiary/aromatic N) is 1. The lowest BCUT2D eigenvalue weighted by atomic mass is 10.2. The third-order valence-electron chi connectivity index (χ3n) is 3.52. The van der Waals surface area contributed by atoms with Crippen molar-refractivity contribution in [3.8, 4) is 5.75 Å². The number of carboxylic acids is 1. The van der Waals surface area contributed by atoms with Gasteiger partial charge in [-0.15, -0.1) is 0 Å². The van der Waals surface area contributed by atoms with Crippen LogP contribution in [-0.4, -0.2) is 37.5 Å². The zero-order valence-corrected chi connectivity index (χ0v) is 14.3. The minimum Gasteiger partial charge on any atom is -0.496 e. The molecule has 7 heteroatoms. The lowest BCUT2D eigenvalue weighted by Crippen LogP contribution is -2.35. The van der Waals surface area contributed by atoms with Gasteiger partial charge in [-0.25, -0.2) is 8.42 Å². The smallest absolute Gasteiger partial charge is 0.318 e. The molecule has 0 aromatic heterocycles. The van der Waals surface area contributed by atoms with E-state index in [0.717, 1.165) is 4.31 Å². The van der Waals surface area contributed by atoms with Crippen LogP contribution in [-0.2, 0) is 21.4 Å². The summed E-state index contributed by atoms with van der Waals surface area (Å²) in [6.45, 7) is 1.11. The number of aliphatic carboxylic acids is 1. The van der Waals surface area contributed by atoms with Gasteiger partial charge in [-0.2, -0.15) is 4.31 Å². The topological polar surface area (TPSA) is 83.9 Å². The molecule has 2 aromatic carbocycles. The van der Waals surface area contributed by atoms with Crippen LogP contribution in [0.15, 0.2) is 53.4 Å². The maximum Gasteiger partial charge on any atom is 0.318 e. The molecule has 0 saturated heterocycles. The number of benzene rings is 2. The lowest BCUT2D eigenvalue weighted by molar-refractivity contribution is -0.137. The van der Waals surface area contributed by atoms with Gasteiger partial charge >= 0.3 is 5.97 Å². The summed E-state index contributed by atoms with van der Waals surface area (Å²) in [7, 11) is -2.44. The SMILES string of the molecule is COc1ccc(S(=O)(=O)N(CC(=O)O)Cc2ccccc2)cc1C. The number of aryl methyl sites for hydroxylation is 1. The normalized spacial score (nSPS) is 11.5. The summed E-state index contributed by atoms with van der Waals surface area (Å²) in [4.78, 5) is 11.2. The number of sulfonamides is 1. The van der Waals surface area contributed by atoms with Crippen molar-refractivity contribution in [1.29, 1.82) is 0 Å². The van der Waals surface area contributed by atoms with Gasteiger partial charge in [-0.1, -0.05) is 30.3 Å². The van der Waals surface area contributed by atoms with Crippen molar-refractivity contribution in [2.75, 3.05) is 13.7 Å². The molecule has 24 heavy (non-hydrogen) atoms. The summed E-state index contributed by atoms with van der Waals surface area (Å²) in [5.74, 6) is -0.637. The fourth-order valence-electron chi connectivity index (χ4n) is 2.32. The standard InChI is InChI=1S/C17H19NO5S/c1-13-10-15(8-9-16(13)23-2)24(21,22)18(12-17(19)20)11-14-6-4-3-5-7-14/h3-10H,11-12H2,1-2H3,(H,19,20). The third-order valence-corrected chi connectivity index (χ3v) is 5.31. The molecule has 0 atom stereocenters. The van der Waals surface area contributed by atoms with E-state index in [1.165, 1.54) is 19.2 Å². The largest absolute Gasteiger partial charge is 0.496 e. The molecule has 6 nitrogen and oxygen atoms in total. The summed E-state index contributed by atoms with van der Waals surface area (Å²) in [5, 5.41) is 9.08. The van der Waals surface area contributed by atoms with Crippen LogP contribution in [0.5, 0.6) is 5.75 Å². The number of hydrogen-bond acceptors (Lipinski definition) is 4. The van der Waals surface area contributed by atoms with Crippen molar-refractivity contribution in [3.05, 3.63) is 59.7 Å². The van der Waals surface area contributed by atoms with Crippen molar-refractivity contribution in [2.45, 2.75) is 18.4 Å². The number of carboxylic acid groups (broad SMARTS) is 1. The number of ether oxygens (including phenoxy) is 1. The predicted octanol–water partition coefficient (Wildman–Crippen LogP) is 2.28. The highest BCUT2D eigenvalue weighted by atomic mass is 32.2. The Balaban J connectivity index is 2.39. The Bertz CT molecular complexity index is 818. The summed E-state index contributed by atoms with van der Waals surface area (Å²) < 4.78 is 31.8. The molecule has 0 spiro atoms. The van der Waals surface area contributed by atoms with Crippen LogP contribution in [0.1, 0.15) is 11.1 Å². The molecular formula is C17H19NO5S. The summed E-state index contributed by atoms with van der Waals surface area (Å²) in [6, 6.07) is 13.3. The van der Waals surface area contributed by atoms with E-state index in [4.69, 9.17) is 9.84 Å². The van der Waals surface area contributed by atoms with Crippen molar-refractivity contribution in [1.82, 2.24) is 4.31 Å². The highest BCUT2D eigenvalue weighted by Crippen LogP contribution is 2.24. The second kappa shape index (κ2) is 7.46.